The number of carbonyl (C=O) groups is 2. The van der Waals surface area contributed by atoms with Crippen molar-refractivity contribution in [2.75, 3.05) is 11.6 Å². The molecule has 142 valence electrons. The SMILES string of the molecule is O=C(OCN(C(=O)C1CC1)c1cn(-c2cccnc2)nc1Cl)c1ccccc1. The van der Waals surface area contributed by atoms with E-state index in [1.165, 1.54) is 9.58 Å². The van der Waals surface area contributed by atoms with Crippen molar-refractivity contribution in [2.24, 2.45) is 5.92 Å². The highest BCUT2D eigenvalue weighted by Gasteiger charge is 2.36. The summed E-state index contributed by atoms with van der Waals surface area (Å²) in [5, 5.41) is 4.40. The maximum Gasteiger partial charge on any atom is 0.339 e. The average molecular weight is 397 g/mol. The maximum atomic E-state index is 12.8. The van der Waals surface area contributed by atoms with Crippen LogP contribution in [0, 0.1) is 5.92 Å². The van der Waals surface area contributed by atoms with Crippen LogP contribution in [0.2, 0.25) is 5.15 Å². The second-order valence-electron chi connectivity index (χ2n) is 6.43. The molecule has 1 saturated carbocycles. The van der Waals surface area contributed by atoms with Crippen LogP contribution in [0.5, 0.6) is 0 Å². The summed E-state index contributed by atoms with van der Waals surface area (Å²) in [5.74, 6) is -0.716. The van der Waals surface area contributed by atoms with Crippen LogP contribution in [0.3, 0.4) is 0 Å². The van der Waals surface area contributed by atoms with E-state index in [1.807, 2.05) is 12.1 Å². The monoisotopic (exact) mass is 396 g/mol. The van der Waals surface area contributed by atoms with E-state index in [1.54, 1.807) is 48.9 Å². The van der Waals surface area contributed by atoms with Gasteiger partial charge in [0.05, 0.1) is 23.6 Å². The number of pyridine rings is 1. The number of anilines is 1. The predicted molar refractivity (Wildman–Crippen MR) is 103 cm³/mol. The molecule has 0 bridgehead atoms. The van der Waals surface area contributed by atoms with Crippen molar-refractivity contribution >= 4 is 29.2 Å². The fourth-order valence-electron chi connectivity index (χ4n) is 2.73. The minimum Gasteiger partial charge on any atom is -0.440 e. The van der Waals surface area contributed by atoms with Crippen molar-refractivity contribution in [3.8, 4) is 5.69 Å². The number of rotatable bonds is 6. The molecule has 0 spiro atoms. The Morgan fingerprint density at radius 1 is 1.18 bits per heavy atom. The van der Waals surface area contributed by atoms with Gasteiger partial charge in [-0.05, 0) is 37.1 Å². The smallest absolute Gasteiger partial charge is 0.339 e. The zero-order chi connectivity index (χ0) is 19.5. The number of nitrogens with zero attached hydrogens (tertiary/aromatic N) is 4. The summed E-state index contributed by atoms with van der Waals surface area (Å²) in [5.41, 5.74) is 1.51. The van der Waals surface area contributed by atoms with Gasteiger partial charge >= 0.3 is 5.97 Å². The van der Waals surface area contributed by atoms with E-state index in [0.29, 0.717) is 16.9 Å². The molecular weight excluding hydrogens is 380 g/mol. The lowest BCUT2D eigenvalue weighted by Gasteiger charge is -2.21. The molecule has 8 heteroatoms. The van der Waals surface area contributed by atoms with Gasteiger partial charge in [-0.3, -0.25) is 14.7 Å². The van der Waals surface area contributed by atoms with E-state index >= 15 is 0 Å². The molecule has 3 aromatic rings. The number of carbonyl (C=O) groups excluding carboxylic acids is 2. The van der Waals surface area contributed by atoms with Gasteiger partial charge < -0.3 is 4.74 Å². The quantitative estimate of drug-likeness (QED) is 0.471. The second-order valence-corrected chi connectivity index (χ2v) is 6.79. The summed E-state index contributed by atoms with van der Waals surface area (Å²) in [7, 11) is 0. The largest absolute Gasteiger partial charge is 0.440 e. The molecule has 1 aliphatic carbocycles. The Labute approximate surface area is 166 Å². The van der Waals surface area contributed by atoms with Crippen molar-refractivity contribution in [3.05, 3.63) is 71.8 Å². The van der Waals surface area contributed by atoms with E-state index in [0.717, 1.165) is 12.8 Å². The molecule has 4 rings (SSSR count). The summed E-state index contributed by atoms with van der Waals surface area (Å²) < 4.78 is 6.91. The van der Waals surface area contributed by atoms with Crippen LogP contribution in [-0.4, -0.2) is 33.4 Å². The summed E-state index contributed by atoms with van der Waals surface area (Å²) >= 11 is 6.30. The first-order valence-electron chi connectivity index (χ1n) is 8.82. The molecule has 7 nitrogen and oxygen atoms in total. The normalized spacial score (nSPS) is 13.2. The molecule has 1 aliphatic rings. The summed E-state index contributed by atoms with van der Waals surface area (Å²) in [6.45, 7) is -0.235. The summed E-state index contributed by atoms with van der Waals surface area (Å²) in [4.78, 5) is 30.5. The van der Waals surface area contributed by atoms with Crippen LogP contribution in [0.15, 0.2) is 61.1 Å². The van der Waals surface area contributed by atoms with E-state index in [4.69, 9.17) is 16.3 Å². The lowest BCUT2D eigenvalue weighted by Crippen LogP contribution is -2.35. The summed E-state index contributed by atoms with van der Waals surface area (Å²) in [6.07, 6.45) is 6.56. The lowest BCUT2D eigenvalue weighted by molar-refractivity contribution is -0.120. The molecule has 2 aromatic heterocycles. The zero-order valence-electron chi connectivity index (χ0n) is 14.9. The molecule has 1 amide bonds. The molecule has 0 N–H and O–H groups in total. The first-order valence-corrected chi connectivity index (χ1v) is 9.20. The highest BCUT2D eigenvalue weighted by atomic mass is 35.5. The number of halogens is 1. The second kappa shape index (κ2) is 7.82. The van der Waals surface area contributed by atoms with E-state index in [9.17, 15) is 9.59 Å². The van der Waals surface area contributed by atoms with Gasteiger partial charge in [0.2, 0.25) is 5.91 Å². The maximum absolute atomic E-state index is 12.8. The third-order valence-electron chi connectivity index (χ3n) is 4.38. The van der Waals surface area contributed by atoms with Crippen LogP contribution < -0.4 is 4.90 Å². The Morgan fingerprint density at radius 2 is 1.96 bits per heavy atom. The molecule has 1 aromatic carbocycles. The van der Waals surface area contributed by atoms with Gasteiger partial charge in [0, 0.05) is 12.1 Å². The number of amides is 1. The number of benzene rings is 1. The van der Waals surface area contributed by atoms with Crippen LogP contribution in [0.1, 0.15) is 23.2 Å². The van der Waals surface area contributed by atoms with Gasteiger partial charge in [0.25, 0.3) is 0 Å². The number of aromatic nitrogens is 3. The molecule has 0 saturated heterocycles. The van der Waals surface area contributed by atoms with Crippen LogP contribution in [0.25, 0.3) is 5.69 Å². The Morgan fingerprint density at radius 3 is 2.64 bits per heavy atom. The van der Waals surface area contributed by atoms with Gasteiger partial charge in [-0.15, -0.1) is 0 Å². The standard InChI is InChI=1S/C20H17ClN4O3/c21-18-17(12-25(23-18)16-7-4-10-22-11-16)24(19(26)14-8-9-14)13-28-20(27)15-5-2-1-3-6-15/h1-7,10-12,14H,8-9,13H2. The molecular formula is C20H17ClN4O3. The van der Waals surface area contributed by atoms with Gasteiger partial charge in [-0.1, -0.05) is 29.8 Å². The molecule has 0 radical (unpaired) electrons. The fourth-order valence-corrected chi connectivity index (χ4v) is 2.96. The minimum atomic E-state index is -0.509. The predicted octanol–water partition coefficient (Wildman–Crippen LogP) is 3.48. The lowest BCUT2D eigenvalue weighted by atomic mass is 10.2. The Balaban J connectivity index is 1.57. The molecule has 0 unspecified atom stereocenters. The Bertz CT molecular complexity index is 987. The third-order valence-corrected chi connectivity index (χ3v) is 4.65. The highest BCUT2D eigenvalue weighted by molar-refractivity contribution is 6.32. The third kappa shape index (κ3) is 3.89. The van der Waals surface area contributed by atoms with E-state index < -0.39 is 5.97 Å². The molecule has 0 atom stereocenters. The molecule has 2 heterocycles. The molecule has 1 fully saturated rings. The first-order chi connectivity index (χ1) is 13.6. The number of esters is 1. The van der Waals surface area contributed by atoms with Gasteiger partial charge in [0.15, 0.2) is 11.9 Å². The van der Waals surface area contributed by atoms with Crippen molar-refractivity contribution < 1.29 is 14.3 Å². The average Bonchev–Trinajstić information content (AvgIpc) is 3.52. The van der Waals surface area contributed by atoms with Crippen molar-refractivity contribution in [1.82, 2.24) is 14.8 Å². The molecule has 0 aliphatic heterocycles. The van der Waals surface area contributed by atoms with Gasteiger partial charge in [0.1, 0.15) is 5.69 Å². The molecule has 28 heavy (non-hydrogen) atoms. The number of hydrogen-bond acceptors (Lipinski definition) is 5. The zero-order valence-corrected chi connectivity index (χ0v) is 15.6. The Kier molecular flexibility index (Phi) is 5.08. The van der Waals surface area contributed by atoms with Gasteiger partial charge in [-0.2, -0.15) is 5.10 Å². The first kappa shape index (κ1) is 18.2. The number of ether oxygens (including phenoxy) is 1. The van der Waals surface area contributed by atoms with Crippen molar-refractivity contribution in [2.45, 2.75) is 12.8 Å². The van der Waals surface area contributed by atoms with Crippen LogP contribution in [0.4, 0.5) is 5.69 Å². The highest BCUT2D eigenvalue weighted by Crippen LogP contribution is 2.35. The van der Waals surface area contributed by atoms with E-state index in [2.05, 4.69) is 10.1 Å². The van der Waals surface area contributed by atoms with Crippen molar-refractivity contribution in [3.63, 3.8) is 0 Å². The minimum absolute atomic E-state index is 0.0757. The van der Waals surface area contributed by atoms with Crippen molar-refractivity contribution in [1.29, 1.82) is 0 Å². The number of hydrogen-bond donors (Lipinski definition) is 0. The van der Waals surface area contributed by atoms with Crippen LogP contribution in [-0.2, 0) is 9.53 Å². The van der Waals surface area contributed by atoms with Gasteiger partial charge in [-0.25, -0.2) is 9.48 Å². The fraction of sp³-hybridized carbons (Fsp3) is 0.200. The topological polar surface area (TPSA) is 77.3 Å². The van der Waals surface area contributed by atoms with Crippen LogP contribution >= 0.6 is 11.6 Å². The van der Waals surface area contributed by atoms with E-state index in [-0.39, 0.29) is 23.7 Å². The Hall–Kier alpha value is -3.19. The summed E-state index contributed by atoms with van der Waals surface area (Å²) in [6, 6.07) is 12.2.